The molecule has 1 amide bonds. The fourth-order valence-corrected chi connectivity index (χ4v) is 5.39. The molecule has 5 heteroatoms. The van der Waals surface area contributed by atoms with Crippen LogP contribution in [-0.4, -0.2) is 18.0 Å². The molecule has 0 saturated heterocycles. The van der Waals surface area contributed by atoms with Gasteiger partial charge in [-0.3, -0.25) is 9.59 Å². The largest absolute Gasteiger partial charge is 0.452 e. The van der Waals surface area contributed by atoms with Crippen molar-refractivity contribution < 1.29 is 18.7 Å². The average Bonchev–Trinajstić information content (AvgIpc) is 2.55. The van der Waals surface area contributed by atoms with Crippen molar-refractivity contribution in [2.24, 2.45) is 29.6 Å². The number of esters is 1. The van der Waals surface area contributed by atoms with E-state index in [1.165, 1.54) is 30.7 Å². The summed E-state index contributed by atoms with van der Waals surface area (Å²) in [5, 5.41) is 2.66. The van der Waals surface area contributed by atoms with E-state index in [2.05, 4.69) is 5.32 Å². The van der Waals surface area contributed by atoms with E-state index in [0.717, 1.165) is 37.5 Å². The smallest absolute Gasteiger partial charge is 0.310 e. The monoisotopic (exact) mass is 345 g/mol. The van der Waals surface area contributed by atoms with E-state index in [1.807, 2.05) is 0 Å². The van der Waals surface area contributed by atoms with Gasteiger partial charge in [-0.1, -0.05) is 0 Å². The zero-order valence-electron chi connectivity index (χ0n) is 14.4. The Hall–Kier alpha value is -1.91. The van der Waals surface area contributed by atoms with Crippen LogP contribution in [0.4, 0.5) is 10.1 Å². The second-order valence-corrected chi connectivity index (χ2v) is 8.03. The number of carbonyl (C=O) groups is 2. The maximum absolute atomic E-state index is 12.9. The molecule has 0 spiro atoms. The van der Waals surface area contributed by atoms with Crippen molar-refractivity contribution in [2.45, 2.75) is 45.1 Å². The molecule has 4 aliphatic rings. The summed E-state index contributed by atoms with van der Waals surface area (Å²) < 4.78 is 18.4. The van der Waals surface area contributed by atoms with Crippen LogP contribution in [0.25, 0.3) is 0 Å². The first-order valence-corrected chi connectivity index (χ1v) is 9.26. The fraction of sp³-hybridized carbons (Fsp3) is 0.600. The second kappa shape index (κ2) is 6.43. The Morgan fingerprint density at radius 1 is 1.04 bits per heavy atom. The van der Waals surface area contributed by atoms with Crippen LogP contribution in [-0.2, 0) is 14.3 Å². The van der Waals surface area contributed by atoms with Gasteiger partial charge in [0.25, 0.3) is 5.91 Å². The van der Waals surface area contributed by atoms with Crippen LogP contribution >= 0.6 is 0 Å². The second-order valence-electron chi connectivity index (χ2n) is 8.03. The number of hydrogen-bond donors (Lipinski definition) is 1. The number of anilines is 1. The van der Waals surface area contributed by atoms with E-state index in [9.17, 15) is 14.0 Å². The van der Waals surface area contributed by atoms with Gasteiger partial charge in [-0.05, 0) is 87.0 Å². The van der Waals surface area contributed by atoms with Crippen LogP contribution < -0.4 is 5.32 Å². The summed E-state index contributed by atoms with van der Waals surface area (Å²) in [4.78, 5) is 24.9. The Balaban J connectivity index is 1.35. The minimum Gasteiger partial charge on any atom is -0.452 e. The first kappa shape index (κ1) is 16.6. The quantitative estimate of drug-likeness (QED) is 0.845. The number of ether oxygens (including phenoxy) is 1. The Bertz CT molecular complexity index is 644. The Morgan fingerprint density at radius 3 is 2.16 bits per heavy atom. The maximum atomic E-state index is 12.9. The first-order chi connectivity index (χ1) is 12.0. The van der Waals surface area contributed by atoms with Gasteiger partial charge in [0, 0.05) is 5.69 Å². The minimum atomic E-state index is -0.852. The number of carbonyl (C=O) groups excluding carboxylic acids is 2. The molecule has 1 aromatic rings. The van der Waals surface area contributed by atoms with Crippen LogP contribution in [0.1, 0.15) is 39.0 Å². The molecular weight excluding hydrogens is 321 g/mol. The predicted molar refractivity (Wildman–Crippen MR) is 91.1 cm³/mol. The normalized spacial score (nSPS) is 33.8. The molecule has 0 aromatic heterocycles. The average molecular weight is 345 g/mol. The van der Waals surface area contributed by atoms with E-state index >= 15 is 0 Å². The molecule has 134 valence electrons. The standard InChI is InChI=1S/C20H24FNO3/c1-11(19(23)22-17-4-2-16(21)3-5-17)25-20(24)18-14-7-12-6-13(9-14)10-15(18)8-12/h2-5,11-15,18H,6-10H2,1H3,(H,22,23)/t11-,12?,13?,14?,15?,18?/m0/s1. The maximum Gasteiger partial charge on any atom is 0.310 e. The van der Waals surface area contributed by atoms with Crippen LogP contribution in [0.3, 0.4) is 0 Å². The number of nitrogens with one attached hydrogen (secondary N) is 1. The fourth-order valence-electron chi connectivity index (χ4n) is 5.39. The van der Waals surface area contributed by atoms with Crippen LogP contribution in [0.2, 0.25) is 0 Å². The number of halogens is 1. The molecule has 4 nitrogen and oxygen atoms in total. The predicted octanol–water partition coefficient (Wildman–Crippen LogP) is 3.77. The van der Waals surface area contributed by atoms with Gasteiger partial charge in [0.1, 0.15) is 5.82 Å². The van der Waals surface area contributed by atoms with E-state index < -0.39 is 6.10 Å². The molecule has 4 saturated carbocycles. The van der Waals surface area contributed by atoms with Gasteiger partial charge in [0.15, 0.2) is 6.10 Å². The zero-order chi connectivity index (χ0) is 17.6. The van der Waals surface area contributed by atoms with Gasteiger partial charge in [-0.2, -0.15) is 0 Å². The molecule has 5 rings (SSSR count). The molecule has 0 radical (unpaired) electrons. The molecule has 1 atom stereocenters. The SMILES string of the molecule is C[C@H](OC(=O)C1C2CC3CC(C2)CC1C3)C(=O)Nc1ccc(F)cc1. The lowest BCUT2D eigenvalue weighted by Gasteiger charge is -2.53. The first-order valence-electron chi connectivity index (χ1n) is 9.26. The van der Waals surface area contributed by atoms with E-state index in [-0.39, 0.29) is 23.6 Å². The minimum absolute atomic E-state index is 0.0335. The molecule has 1 aromatic carbocycles. The number of amides is 1. The van der Waals surface area contributed by atoms with Crippen LogP contribution in [0.5, 0.6) is 0 Å². The number of benzene rings is 1. The molecule has 0 heterocycles. The van der Waals surface area contributed by atoms with Gasteiger partial charge in [0.05, 0.1) is 5.92 Å². The zero-order valence-corrected chi connectivity index (χ0v) is 14.4. The van der Waals surface area contributed by atoms with Crippen molar-refractivity contribution in [1.29, 1.82) is 0 Å². The lowest BCUT2D eigenvalue weighted by Crippen LogP contribution is -2.49. The summed E-state index contributed by atoms with van der Waals surface area (Å²) in [6, 6.07) is 5.53. The van der Waals surface area contributed by atoms with Gasteiger partial charge in [0.2, 0.25) is 0 Å². The summed E-state index contributed by atoms with van der Waals surface area (Å²) in [6.45, 7) is 1.59. The van der Waals surface area contributed by atoms with Gasteiger partial charge in [-0.25, -0.2) is 4.39 Å². The number of hydrogen-bond acceptors (Lipinski definition) is 3. The highest BCUT2D eigenvalue weighted by Crippen LogP contribution is 2.56. The van der Waals surface area contributed by atoms with Crippen molar-refractivity contribution in [3.05, 3.63) is 30.1 Å². The van der Waals surface area contributed by atoms with E-state index in [4.69, 9.17) is 4.74 Å². The Morgan fingerprint density at radius 2 is 1.60 bits per heavy atom. The molecule has 25 heavy (non-hydrogen) atoms. The topological polar surface area (TPSA) is 55.4 Å². The van der Waals surface area contributed by atoms with Gasteiger partial charge >= 0.3 is 5.97 Å². The van der Waals surface area contributed by atoms with Crippen LogP contribution in [0, 0.1) is 35.4 Å². The third kappa shape index (κ3) is 3.29. The third-order valence-electron chi connectivity index (χ3n) is 6.27. The molecule has 4 aliphatic carbocycles. The lowest BCUT2D eigenvalue weighted by molar-refractivity contribution is -0.169. The molecule has 4 fully saturated rings. The summed E-state index contributed by atoms with van der Waals surface area (Å²) in [6.07, 6.45) is 5.05. The summed E-state index contributed by atoms with van der Waals surface area (Å²) in [5.74, 6) is 1.48. The van der Waals surface area contributed by atoms with Crippen molar-refractivity contribution in [3.8, 4) is 0 Å². The van der Waals surface area contributed by atoms with Gasteiger partial charge in [-0.15, -0.1) is 0 Å². The van der Waals surface area contributed by atoms with Gasteiger partial charge < -0.3 is 10.1 Å². The molecular formula is C20H24FNO3. The van der Waals surface area contributed by atoms with Crippen molar-refractivity contribution in [2.75, 3.05) is 5.32 Å². The highest BCUT2D eigenvalue weighted by atomic mass is 19.1. The molecule has 1 N–H and O–H groups in total. The van der Waals surface area contributed by atoms with Crippen molar-refractivity contribution in [1.82, 2.24) is 0 Å². The summed E-state index contributed by atoms with van der Waals surface area (Å²) in [5.41, 5.74) is 0.490. The third-order valence-corrected chi connectivity index (χ3v) is 6.27. The molecule has 0 aliphatic heterocycles. The Labute approximate surface area is 147 Å². The van der Waals surface area contributed by atoms with Crippen molar-refractivity contribution >= 4 is 17.6 Å². The van der Waals surface area contributed by atoms with Crippen LogP contribution in [0.15, 0.2) is 24.3 Å². The molecule has 4 bridgehead atoms. The number of rotatable bonds is 4. The highest BCUT2D eigenvalue weighted by molar-refractivity contribution is 5.95. The van der Waals surface area contributed by atoms with Crippen molar-refractivity contribution in [3.63, 3.8) is 0 Å². The van der Waals surface area contributed by atoms with E-state index in [0.29, 0.717) is 17.5 Å². The summed E-state index contributed by atoms with van der Waals surface area (Å²) >= 11 is 0. The Kier molecular flexibility index (Phi) is 4.26. The molecule has 0 unspecified atom stereocenters. The highest BCUT2D eigenvalue weighted by Gasteiger charge is 2.51. The summed E-state index contributed by atoms with van der Waals surface area (Å²) in [7, 11) is 0. The lowest BCUT2D eigenvalue weighted by atomic mass is 9.52. The van der Waals surface area contributed by atoms with E-state index in [1.54, 1.807) is 6.92 Å².